The maximum atomic E-state index is 8.97. The Morgan fingerprint density at radius 1 is 1.53 bits per heavy atom. The summed E-state index contributed by atoms with van der Waals surface area (Å²) in [5.41, 5.74) is 7.05. The van der Waals surface area contributed by atoms with Crippen molar-refractivity contribution >= 4 is 5.95 Å². The summed E-state index contributed by atoms with van der Waals surface area (Å²) in [5, 5.41) is 12.4. The molecule has 0 radical (unpaired) electrons. The summed E-state index contributed by atoms with van der Waals surface area (Å²) in [5.74, 6) is 1.01. The molecule has 1 heterocycles. The van der Waals surface area contributed by atoms with Crippen molar-refractivity contribution in [2.75, 3.05) is 11.9 Å². The molecule has 0 aromatic carbocycles. The third kappa shape index (κ3) is 2.85. The zero-order valence-electron chi connectivity index (χ0n) is 11.6. The van der Waals surface area contributed by atoms with Crippen molar-refractivity contribution in [3.8, 4) is 6.07 Å². The van der Waals surface area contributed by atoms with Crippen molar-refractivity contribution in [3.05, 3.63) is 17.5 Å². The van der Waals surface area contributed by atoms with Gasteiger partial charge in [-0.2, -0.15) is 5.26 Å². The highest BCUT2D eigenvalue weighted by molar-refractivity contribution is 5.36. The normalized spacial score (nSPS) is 26.7. The average molecular weight is 259 g/mol. The van der Waals surface area contributed by atoms with Gasteiger partial charge in [-0.05, 0) is 31.7 Å². The third-order valence-corrected chi connectivity index (χ3v) is 4.15. The zero-order valence-corrected chi connectivity index (χ0v) is 11.6. The van der Waals surface area contributed by atoms with E-state index < -0.39 is 0 Å². The van der Waals surface area contributed by atoms with Crippen molar-refractivity contribution in [3.63, 3.8) is 0 Å². The molecule has 1 aliphatic carbocycles. The number of rotatable bonds is 3. The summed E-state index contributed by atoms with van der Waals surface area (Å²) < 4.78 is 0. The van der Waals surface area contributed by atoms with E-state index >= 15 is 0 Å². The highest BCUT2D eigenvalue weighted by Crippen LogP contribution is 2.35. The maximum Gasteiger partial charge on any atom is 0.224 e. The van der Waals surface area contributed by atoms with Crippen molar-refractivity contribution in [1.82, 2.24) is 9.97 Å². The largest absolute Gasteiger partial charge is 0.347 e. The number of anilines is 1. The van der Waals surface area contributed by atoms with Gasteiger partial charge in [0.05, 0.1) is 5.54 Å². The number of nitrogens with two attached hydrogens (primary N) is 1. The van der Waals surface area contributed by atoms with Crippen molar-refractivity contribution in [2.45, 2.75) is 45.1 Å². The first kappa shape index (κ1) is 13.8. The van der Waals surface area contributed by atoms with E-state index in [9.17, 15) is 0 Å². The topological polar surface area (TPSA) is 87.6 Å². The second kappa shape index (κ2) is 5.54. The Balaban J connectivity index is 2.27. The predicted molar refractivity (Wildman–Crippen MR) is 74.5 cm³/mol. The van der Waals surface area contributed by atoms with Gasteiger partial charge in [0.15, 0.2) is 0 Å². The lowest BCUT2D eigenvalue weighted by Gasteiger charge is -2.42. The van der Waals surface area contributed by atoms with Crippen LogP contribution in [0.25, 0.3) is 0 Å². The number of nitriles is 1. The molecule has 1 fully saturated rings. The van der Waals surface area contributed by atoms with Gasteiger partial charge in [-0.15, -0.1) is 0 Å². The van der Waals surface area contributed by atoms with Gasteiger partial charge in [-0.3, -0.25) is 0 Å². The molecule has 2 atom stereocenters. The molecule has 5 nitrogen and oxygen atoms in total. The standard InChI is InChI=1S/C14H21N5/c1-10-5-3-4-6-14(10,9-16)19-13-17-11(2)7-12(8-15)18-13/h7,10H,3-6,9,16H2,1-2H3,(H,17,18,19). The quantitative estimate of drug-likeness (QED) is 0.866. The molecule has 5 heteroatoms. The fourth-order valence-electron chi connectivity index (χ4n) is 2.86. The highest BCUT2D eigenvalue weighted by Gasteiger charge is 2.37. The molecule has 1 aliphatic rings. The minimum atomic E-state index is -0.140. The summed E-state index contributed by atoms with van der Waals surface area (Å²) in [6.45, 7) is 4.65. The number of aryl methyl sites for hydroxylation is 1. The number of nitrogens with zero attached hydrogens (tertiary/aromatic N) is 3. The molecule has 0 spiro atoms. The molecule has 102 valence electrons. The Morgan fingerprint density at radius 3 is 2.95 bits per heavy atom. The molecule has 0 aliphatic heterocycles. The van der Waals surface area contributed by atoms with Crippen LogP contribution in [0.15, 0.2) is 6.07 Å². The fourth-order valence-corrected chi connectivity index (χ4v) is 2.86. The SMILES string of the molecule is Cc1cc(C#N)nc(NC2(CN)CCCCC2C)n1. The second-order valence-electron chi connectivity index (χ2n) is 5.46. The van der Waals surface area contributed by atoms with Crippen LogP contribution in [0.4, 0.5) is 5.95 Å². The molecule has 2 rings (SSSR count). The van der Waals surface area contributed by atoms with E-state index in [2.05, 4.69) is 28.3 Å². The van der Waals surface area contributed by atoms with Crippen LogP contribution in [0.1, 0.15) is 44.0 Å². The lowest BCUT2D eigenvalue weighted by atomic mass is 9.73. The van der Waals surface area contributed by atoms with Crippen molar-refractivity contribution in [1.29, 1.82) is 5.26 Å². The number of hydrogen-bond donors (Lipinski definition) is 2. The summed E-state index contributed by atoms with van der Waals surface area (Å²) >= 11 is 0. The van der Waals surface area contributed by atoms with Crippen molar-refractivity contribution in [2.24, 2.45) is 11.7 Å². The van der Waals surface area contributed by atoms with Crippen LogP contribution in [-0.2, 0) is 0 Å². The molecule has 0 saturated heterocycles. The van der Waals surface area contributed by atoms with E-state index in [0.29, 0.717) is 24.1 Å². The van der Waals surface area contributed by atoms with Crippen LogP contribution in [0.2, 0.25) is 0 Å². The van der Waals surface area contributed by atoms with E-state index in [4.69, 9.17) is 11.0 Å². The molecule has 1 saturated carbocycles. The Bertz CT molecular complexity index is 493. The van der Waals surface area contributed by atoms with Gasteiger partial charge < -0.3 is 11.1 Å². The lowest BCUT2D eigenvalue weighted by Crippen LogP contribution is -2.52. The Labute approximate surface area is 114 Å². The summed E-state index contributed by atoms with van der Waals surface area (Å²) in [7, 11) is 0. The summed E-state index contributed by atoms with van der Waals surface area (Å²) in [6.07, 6.45) is 4.62. The zero-order chi connectivity index (χ0) is 13.9. The van der Waals surface area contributed by atoms with Gasteiger partial charge in [0.1, 0.15) is 11.8 Å². The highest BCUT2D eigenvalue weighted by atomic mass is 15.2. The van der Waals surface area contributed by atoms with Gasteiger partial charge in [-0.1, -0.05) is 19.8 Å². The summed E-state index contributed by atoms with van der Waals surface area (Å²) in [4.78, 5) is 8.61. The van der Waals surface area contributed by atoms with E-state index in [1.807, 2.05) is 6.92 Å². The molecule has 1 aromatic heterocycles. The van der Waals surface area contributed by atoms with Crippen LogP contribution in [0.3, 0.4) is 0 Å². The van der Waals surface area contributed by atoms with Gasteiger partial charge >= 0.3 is 0 Å². The molecule has 2 unspecified atom stereocenters. The van der Waals surface area contributed by atoms with Crippen LogP contribution in [0.5, 0.6) is 0 Å². The monoisotopic (exact) mass is 259 g/mol. The van der Waals surface area contributed by atoms with Gasteiger partial charge in [0.25, 0.3) is 0 Å². The number of nitrogens with one attached hydrogen (secondary N) is 1. The van der Waals surface area contributed by atoms with E-state index in [-0.39, 0.29) is 5.54 Å². The molecule has 0 amide bonds. The predicted octanol–water partition coefficient (Wildman–Crippen LogP) is 1.98. The second-order valence-corrected chi connectivity index (χ2v) is 5.46. The minimum absolute atomic E-state index is 0.140. The van der Waals surface area contributed by atoms with E-state index in [0.717, 1.165) is 12.1 Å². The van der Waals surface area contributed by atoms with Gasteiger partial charge in [0.2, 0.25) is 5.95 Å². The van der Waals surface area contributed by atoms with Gasteiger partial charge in [-0.25, -0.2) is 9.97 Å². The number of hydrogen-bond acceptors (Lipinski definition) is 5. The Morgan fingerprint density at radius 2 is 2.32 bits per heavy atom. The van der Waals surface area contributed by atoms with Gasteiger partial charge in [0, 0.05) is 12.2 Å². The Hall–Kier alpha value is -1.67. The molecule has 19 heavy (non-hydrogen) atoms. The van der Waals surface area contributed by atoms with Crippen molar-refractivity contribution < 1.29 is 0 Å². The Kier molecular flexibility index (Phi) is 4.01. The smallest absolute Gasteiger partial charge is 0.224 e. The minimum Gasteiger partial charge on any atom is -0.347 e. The first-order chi connectivity index (χ1) is 9.09. The van der Waals surface area contributed by atoms with E-state index in [1.54, 1.807) is 6.07 Å². The van der Waals surface area contributed by atoms with Crippen LogP contribution < -0.4 is 11.1 Å². The molecular formula is C14H21N5. The average Bonchev–Trinajstić information content (AvgIpc) is 2.41. The first-order valence-corrected chi connectivity index (χ1v) is 6.84. The summed E-state index contributed by atoms with van der Waals surface area (Å²) in [6, 6.07) is 3.75. The molecule has 0 bridgehead atoms. The maximum absolute atomic E-state index is 8.97. The van der Waals surface area contributed by atoms with Crippen LogP contribution >= 0.6 is 0 Å². The van der Waals surface area contributed by atoms with Crippen LogP contribution in [-0.4, -0.2) is 22.1 Å². The third-order valence-electron chi connectivity index (χ3n) is 4.15. The van der Waals surface area contributed by atoms with E-state index in [1.165, 1.54) is 19.3 Å². The molecule has 3 N–H and O–H groups in total. The fraction of sp³-hybridized carbons (Fsp3) is 0.643. The number of aromatic nitrogens is 2. The molecule has 1 aromatic rings. The van der Waals surface area contributed by atoms with Crippen LogP contribution in [0, 0.1) is 24.2 Å². The lowest BCUT2D eigenvalue weighted by molar-refractivity contribution is 0.234. The first-order valence-electron chi connectivity index (χ1n) is 6.84. The molecular weight excluding hydrogens is 238 g/mol.